The molecule has 1 aliphatic heterocycles. The van der Waals surface area contributed by atoms with Crippen LogP contribution in [0.25, 0.3) is 0 Å². The Kier molecular flexibility index (Phi) is 3.75. The fourth-order valence-corrected chi connectivity index (χ4v) is 2.02. The van der Waals surface area contributed by atoms with Gasteiger partial charge in [-0.25, -0.2) is 9.99 Å². The molecule has 92 valence electrons. The molecule has 0 saturated carbocycles. The smallest absolute Gasteiger partial charge is 0.276 e. The van der Waals surface area contributed by atoms with E-state index in [0.29, 0.717) is 5.82 Å². The minimum absolute atomic E-state index is 0.0514. The molecule has 0 amide bonds. The van der Waals surface area contributed by atoms with Crippen molar-refractivity contribution in [3.63, 3.8) is 0 Å². The van der Waals surface area contributed by atoms with Crippen molar-refractivity contribution in [1.29, 1.82) is 0 Å². The van der Waals surface area contributed by atoms with E-state index in [0.717, 1.165) is 25.9 Å². The average Bonchev–Trinajstić information content (AvgIpc) is 2.29. The van der Waals surface area contributed by atoms with Crippen LogP contribution in [-0.4, -0.2) is 28.0 Å². The molecule has 1 N–H and O–H groups in total. The van der Waals surface area contributed by atoms with Crippen LogP contribution in [0.3, 0.4) is 0 Å². The molecule has 1 aliphatic rings. The summed E-state index contributed by atoms with van der Waals surface area (Å²) in [5.74, 6) is 0.422. The average molecular weight is 257 g/mol. The fraction of sp³-hybridized carbons (Fsp3) is 0.500. The molecule has 1 aromatic rings. The van der Waals surface area contributed by atoms with Crippen molar-refractivity contribution >= 4 is 23.1 Å². The third-order valence-electron chi connectivity index (χ3n) is 2.62. The van der Waals surface area contributed by atoms with Crippen LogP contribution >= 0.6 is 11.6 Å². The molecular formula is C10H13ClN4O2. The molecule has 0 atom stereocenters. The second-order valence-electron chi connectivity index (χ2n) is 3.95. The molecule has 17 heavy (non-hydrogen) atoms. The Balaban J connectivity index is 2.11. The van der Waals surface area contributed by atoms with Crippen molar-refractivity contribution in [3.8, 4) is 0 Å². The standard InChI is InChI=1S/C10H13ClN4O2/c11-9-6-8(15(16)17)7-10(12-9)13-14-4-2-1-3-5-14/h6-7H,1-5H2,(H,12,13). The van der Waals surface area contributed by atoms with Crippen molar-refractivity contribution in [2.45, 2.75) is 19.3 Å². The summed E-state index contributed by atoms with van der Waals surface area (Å²) in [6.07, 6.45) is 3.46. The number of pyridine rings is 1. The zero-order valence-electron chi connectivity index (χ0n) is 9.23. The third kappa shape index (κ3) is 3.28. The third-order valence-corrected chi connectivity index (χ3v) is 2.81. The van der Waals surface area contributed by atoms with Crippen molar-refractivity contribution in [2.75, 3.05) is 18.5 Å². The van der Waals surface area contributed by atoms with Crippen molar-refractivity contribution in [2.24, 2.45) is 0 Å². The Morgan fingerprint density at radius 3 is 2.71 bits per heavy atom. The Labute approximate surface area is 104 Å². The molecule has 0 aliphatic carbocycles. The number of rotatable bonds is 3. The van der Waals surface area contributed by atoms with Crippen LogP contribution in [0.1, 0.15) is 19.3 Å². The summed E-state index contributed by atoms with van der Waals surface area (Å²) in [4.78, 5) is 14.2. The summed E-state index contributed by atoms with van der Waals surface area (Å²) in [5.41, 5.74) is 3.00. The van der Waals surface area contributed by atoms with E-state index in [1.807, 2.05) is 5.01 Å². The lowest BCUT2D eigenvalue weighted by Crippen LogP contribution is -2.35. The molecule has 6 nitrogen and oxygen atoms in total. The van der Waals surface area contributed by atoms with E-state index >= 15 is 0 Å². The first-order valence-electron chi connectivity index (χ1n) is 5.49. The first-order valence-corrected chi connectivity index (χ1v) is 5.86. The van der Waals surface area contributed by atoms with Crippen LogP contribution in [0.5, 0.6) is 0 Å². The molecule has 1 saturated heterocycles. The highest BCUT2D eigenvalue weighted by molar-refractivity contribution is 6.29. The van der Waals surface area contributed by atoms with E-state index in [-0.39, 0.29) is 10.8 Å². The van der Waals surface area contributed by atoms with Gasteiger partial charge in [0.25, 0.3) is 5.69 Å². The van der Waals surface area contributed by atoms with Gasteiger partial charge in [-0.1, -0.05) is 18.0 Å². The number of nitrogens with one attached hydrogen (secondary N) is 1. The Morgan fingerprint density at radius 2 is 2.06 bits per heavy atom. The number of aromatic nitrogens is 1. The number of piperidine rings is 1. The topological polar surface area (TPSA) is 71.3 Å². The quantitative estimate of drug-likeness (QED) is 0.511. The SMILES string of the molecule is O=[N+]([O-])c1cc(Cl)nc(NN2CCCCC2)c1. The van der Waals surface area contributed by atoms with Crippen LogP contribution in [-0.2, 0) is 0 Å². The van der Waals surface area contributed by atoms with Gasteiger partial charge >= 0.3 is 0 Å². The lowest BCUT2D eigenvalue weighted by atomic mass is 10.2. The van der Waals surface area contributed by atoms with Gasteiger partial charge in [0.2, 0.25) is 0 Å². The normalized spacial score (nSPS) is 16.8. The van der Waals surface area contributed by atoms with Crippen molar-refractivity contribution in [1.82, 2.24) is 9.99 Å². The predicted molar refractivity (Wildman–Crippen MR) is 64.9 cm³/mol. The number of halogens is 1. The summed E-state index contributed by atoms with van der Waals surface area (Å²) in [6.45, 7) is 1.84. The van der Waals surface area contributed by atoms with Crippen LogP contribution in [0.4, 0.5) is 11.5 Å². The van der Waals surface area contributed by atoms with Crippen LogP contribution in [0.15, 0.2) is 12.1 Å². The van der Waals surface area contributed by atoms with Crippen LogP contribution in [0.2, 0.25) is 5.15 Å². The van der Waals surface area contributed by atoms with E-state index in [9.17, 15) is 10.1 Å². The molecule has 2 heterocycles. The molecule has 1 aromatic heterocycles. The molecule has 0 bridgehead atoms. The molecule has 0 aromatic carbocycles. The Hall–Kier alpha value is -1.40. The number of hydrazine groups is 1. The van der Waals surface area contributed by atoms with Gasteiger partial charge in [-0.3, -0.25) is 10.1 Å². The minimum atomic E-state index is -0.477. The van der Waals surface area contributed by atoms with Gasteiger partial charge in [0.1, 0.15) is 11.0 Å². The lowest BCUT2D eigenvalue weighted by molar-refractivity contribution is -0.384. The van der Waals surface area contributed by atoms with E-state index in [1.54, 1.807) is 0 Å². The predicted octanol–water partition coefficient (Wildman–Crippen LogP) is 2.46. The van der Waals surface area contributed by atoms with Crippen molar-refractivity contribution in [3.05, 3.63) is 27.4 Å². The second kappa shape index (κ2) is 5.29. The van der Waals surface area contributed by atoms with Gasteiger partial charge in [-0.2, -0.15) is 0 Å². The van der Waals surface area contributed by atoms with Gasteiger partial charge in [0, 0.05) is 13.1 Å². The molecule has 2 rings (SSSR count). The maximum atomic E-state index is 10.7. The second-order valence-corrected chi connectivity index (χ2v) is 4.34. The van der Waals surface area contributed by atoms with Gasteiger partial charge in [0.05, 0.1) is 17.1 Å². The zero-order chi connectivity index (χ0) is 12.3. The van der Waals surface area contributed by atoms with E-state index in [4.69, 9.17) is 11.6 Å². The monoisotopic (exact) mass is 256 g/mol. The highest BCUT2D eigenvalue weighted by atomic mass is 35.5. The first-order chi connectivity index (χ1) is 8.15. The molecule has 0 unspecified atom stereocenters. The summed E-state index contributed by atoms with van der Waals surface area (Å²) in [7, 11) is 0. The van der Waals surface area contributed by atoms with Gasteiger partial charge < -0.3 is 5.43 Å². The van der Waals surface area contributed by atoms with Gasteiger partial charge in [-0.05, 0) is 12.8 Å². The number of nitrogens with zero attached hydrogens (tertiary/aromatic N) is 3. The maximum absolute atomic E-state index is 10.7. The fourth-order valence-electron chi connectivity index (χ4n) is 1.81. The lowest BCUT2D eigenvalue weighted by Gasteiger charge is -2.27. The van der Waals surface area contributed by atoms with E-state index in [1.165, 1.54) is 18.6 Å². The maximum Gasteiger partial charge on any atom is 0.276 e. The molecule has 7 heteroatoms. The number of nitro groups is 1. The van der Waals surface area contributed by atoms with Crippen molar-refractivity contribution < 1.29 is 4.92 Å². The molecular weight excluding hydrogens is 244 g/mol. The number of anilines is 1. The van der Waals surface area contributed by atoms with Gasteiger partial charge in [0.15, 0.2) is 0 Å². The summed E-state index contributed by atoms with van der Waals surface area (Å²) < 4.78 is 0. The molecule has 0 radical (unpaired) electrons. The summed E-state index contributed by atoms with van der Waals surface area (Å²) >= 11 is 5.74. The summed E-state index contributed by atoms with van der Waals surface area (Å²) in [6, 6.07) is 2.63. The van der Waals surface area contributed by atoms with E-state index in [2.05, 4.69) is 10.4 Å². The zero-order valence-corrected chi connectivity index (χ0v) is 9.98. The Morgan fingerprint density at radius 1 is 1.35 bits per heavy atom. The highest BCUT2D eigenvalue weighted by Crippen LogP contribution is 2.21. The minimum Gasteiger partial charge on any atom is -0.303 e. The molecule has 0 spiro atoms. The molecule has 1 fully saturated rings. The largest absolute Gasteiger partial charge is 0.303 e. The van der Waals surface area contributed by atoms with Crippen LogP contribution < -0.4 is 5.43 Å². The first kappa shape index (κ1) is 12.1. The van der Waals surface area contributed by atoms with E-state index < -0.39 is 4.92 Å². The number of hydrogen-bond acceptors (Lipinski definition) is 5. The highest BCUT2D eigenvalue weighted by Gasteiger charge is 2.14. The Bertz CT molecular complexity index is 421. The van der Waals surface area contributed by atoms with Crippen LogP contribution in [0, 0.1) is 10.1 Å². The van der Waals surface area contributed by atoms with Gasteiger partial charge in [-0.15, -0.1) is 0 Å². The number of hydrogen-bond donors (Lipinski definition) is 1. The summed E-state index contributed by atoms with van der Waals surface area (Å²) in [5, 5.41) is 12.8.